The monoisotopic (exact) mass is 240 g/mol. The molecule has 0 bridgehead atoms. The van der Waals surface area contributed by atoms with Crippen molar-refractivity contribution in [1.29, 1.82) is 0 Å². The first-order valence-corrected chi connectivity index (χ1v) is 4.79. The Labute approximate surface area is 96.5 Å². The number of hydrogen-bond donors (Lipinski definition) is 4. The summed E-state index contributed by atoms with van der Waals surface area (Å²) in [5.41, 5.74) is 0.390. The summed E-state index contributed by atoms with van der Waals surface area (Å²) >= 11 is 0. The summed E-state index contributed by atoms with van der Waals surface area (Å²) < 4.78 is 0. The van der Waals surface area contributed by atoms with Crippen molar-refractivity contribution in [3.8, 4) is 0 Å². The van der Waals surface area contributed by atoms with Crippen molar-refractivity contribution in [3.63, 3.8) is 0 Å². The molecule has 0 saturated carbocycles. The number of aliphatic hydroxyl groups is 1. The van der Waals surface area contributed by atoms with E-state index in [1.54, 1.807) is 0 Å². The van der Waals surface area contributed by atoms with Gasteiger partial charge < -0.3 is 20.5 Å². The number of carbonyl (C=O) groups excluding carboxylic acids is 2. The minimum Gasteiger partial charge on any atom is -0.480 e. The van der Waals surface area contributed by atoms with Crippen molar-refractivity contribution in [1.82, 2.24) is 10.3 Å². The molecule has 92 valence electrons. The van der Waals surface area contributed by atoms with Crippen LogP contribution in [0.1, 0.15) is 27.8 Å². The van der Waals surface area contributed by atoms with E-state index in [2.05, 4.69) is 10.3 Å². The second kappa shape index (κ2) is 5.26. The lowest BCUT2D eigenvalue weighted by atomic mass is 10.2. The first-order valence-electron chi connectivity index (χ1n) is 4.79. The van der Waals surface area contributed by atoms with Gasteiger partial charge in [0.2, 0.25) is 0 Å². The number of aromatic amines is 1. The van der Waals surface area contributed by atoms with E-state index < -0.39 is 24.5 Å². The lowest BCUT2D eigenvalue weighted by Crippen LogP contribution is -2.43. The molecule has 1 atom stereocenters. The van der Waals surface area contributed by atoms with E-state index in [0.29, 0.717) is 5.56 Å². The number of rotatable bonds is 5. The number of nitrogens with one attached hydrogen (secondary N) is 2. The Morgan fingerprint density at radius 3 is 2.53 bits per heavy atom. The summed E-state index contributed by atoms with van der Waals surface area (Å²) in [5, 5.41) is 19.5. The molecule has 0 aliphatic heterocycles. The van der Waals surface area contributed by atoms with Gasteiger partial charge in [-0.1, -0.05) is 0 Å². The molecular formula is C10H12N2O5. The van der Waals surface area contributed by atoms with Crippen molar-refractivity contribution in [2.24, 2.45) is 0 Å². The summed E-state index contributed by atoms with van der Waals surface area (Å²) in [4.78, 5) is 35.6. The zero-order chi connectivity index (χ0) is 13.0. The number of H-pyrrole nitrogens is 1. The van der Waals surface area contributed by atoms with Crippen LogP contribution in [0, 0.1) is 0 Å². The normalized spacial score (nSPS) is 11.9. The third-order valence-electron chi connectivity index (χ3n) is 2.12. The third-order valence-corrected chi connectivity index (χ3v) is 2.12. The average molecular weight is 240 g/mol. The third kappa shape index (κ3) is 3.15. The predicted octanol–water partition coefficient (Wildman–Crippen LogP) is -0.607. The maximum atomic E-state index is 11.5. The fourth-order valence-electron chi connectivity index (χ4n) is 1.15. The van der Waals surface area contributed by atoms with Crippen LogP contribution in [-0.4, -0.2) is 45.5 Å². The molecule has 0 saturated heterocycles. The Bertz CT molecular complexity index is 451. The van der Waals surface area contributed by atoms with Gasteiger partial charge >= 0.3 is 5.97 Å². The molecule has 4 N–H and O–H groups in total. The number of amides is 1. The Kier molecular flexibility index (Phi) is 4.00. The van der Waals surface area contributed by atoms with Crippen LogP contribution in [0.4, 0.5) is 0 Å². The number of hydrogen-bond acceptors (Lipinski definition) is 4. The molecule has 0 aromatic carbocycles. The summed E-state index contributed by atoms with van der Waals surface area (Å²) in [6, 6.07) is -0.0555. The highest BCUT2D eigenvalue weighted by Gasteiger charge is 2.20. The number of carbonyl (C=O) groups is 3. The van der Waals surface area contributed by atoms with Crippen LogP contribution in [-0.2, 0) is 4.79 Å². The van der Waals surface area contributed by atoms with Gasteiger partial charge in [0.15, 0.2) is 11.8 Å². The molecule has 0 spiro atoms. The molecule has 1 aromatic heterocycles. The number of ketones is 1. The van der Waals surface area contributed by atoms with E-state index in [0.717, 1.165) is 0 Å². The Morgan fingerprint density at radius 2 is 2.12 bits per heavy atom. The number of carboxylic acids is 1. The van der Waals surface area contributed by atoms with E-state index in [-0.39, 0.29) is 11.5 Å². The summed E-state index contributed by atoms with van der Waals surface area (Å²) in [5.74, 6) is -2.24. The van der Waals surface area contributed by atoms with Gasteiger partial charge in [-0.15, -0.1) is 0 Å². The van der Waals surface area contributed by atoms with Gasteiger partial charge in [-0.3, -0.25) is 9.59 Å². The Morgan fingerprint density at radius 1 is 1.47 bits per heavy atom. The zero-order valence-corrected chi connectivity index (χ0v) is 9.06. The van der Waals surface area contributed by atoms with Crippen LogP contribution < -0.4 is 5.32 Å². The van der Waals surface area contributed by atoms with Crippen molar-refractivity contribution in [3.05, 3.63) is 23.5 Å². The minimum atomic E-state index is -1.37. The molecule has 0 unspecified atom stereocenters. The largest absolute Gasteiger partial charge is 0.480 e. The van der Waals surface area contributed by atoms with E-state index in [1.807, 2.05) is 0 Å². The predicted molar refractivity (Wildman–Crippen MR) is 56.8 cm³/mol. The second-order valence-electron chi connectivity index (χ2n) is 3.41. The number of aromatic nitrogens is 1. The van der Waals surface area contributed by atoms with Gasteiger partial charge in [0.1, 0.15) is 5.69 Å². The Hall–Kier alpha value is -2.15. The fourth-order valence-corrected chi connectivity index (χ4v) is 1.15. The van der Waals surface area contributed by atoms with Crippen molar-refractivity contribution >= 4 is 17.7 Å². The highest BCUT2D eigenvalue weighted by molar-refractivity contribution is 6.00. The highest BCUT2D eigenvalue weighted by atomic mass is 16.4. The number of carboxylic acid groups (broad SMARTS) is 1. The molecule has 7 nitrogen and oxygen atoms in total. The molecule has 7 heteroatoms. The molecular weight excluding hydrogens is 228 g/mol. The molecule has 1 heterocycles. The smallest absolute Gasteiger partial charge is 0.328 e. The van der Waals surface area contributed by atoms with Gasteiger partial charge in [-0.25, -0.2) is 4.79 Å². The van der Waals surface area contributed by atoms with Crippen LogP contribution in [0.2, 0.25) is 0 Å². The van der Waals surface area contributed by atoms with E-state index in [1.165, 1.54) is 19.2 Å². The summed E-state index contributed by atoms with van der Waals surface area (Å²) in [7, 11) is 0. The summed E-state index contributed by atoms with van der Waals surface area (Å²) in [6.07, 6.45) is 1.35. The molecule has 0 radical (unpaired) electrons. The van der Waals surface area contributed by atoms with Crippen molar-refractivity contribution < 1.29 is 24.6 Å². The highest BCUT2D eigenvalue weighted by Crippen LogP contribution is 2.04. The van der Waals surface area contributed by atoms with E-state index >= 15 is 0 Å². The average Bonchev–Trinajstić information content (AvgIpc) is 2.74. The topological polar surface area (TPSA) is 119 Å². The van der Waals surface area contributed by atoms with Crippen molar-refractivity contribution in [2.45, 2.75) is 13.0 Å². The fraction of sp³-hybridized carbons (Fsp3) is 0.300. The van der Waals surface area contributed by atoms with Crippen LogP contribution in [0.5, 0.6) is 0 Å². The SMILES string of the molecule is CC(=O)c1c[nH]c(C(=O)N[C@H](CO)C(=O)O)c1. The molecule has 1 amide bonds. The lowest BCUT2D eigenvalue weighted by Gasteiger charge is -2.10. The lowest BCUT2D eigenvalue weighted by molar-refractivity contribution is -0.140. The van der Waals surface area contributed by atoms with Crippen LogP contribution in [0.3, 0.4) is 0 Å². The molecule has 0 aliphatic carbocycles. The van der Waals surface area contributed by atoms with E-state index in [9.17, 15) is 14.4 Å². The van der Waals surface area contributed by atoms with Gasteiger partial charge in [-0.05, 0) is 13.0 Å². The van der Waals surface area contributed by atoms with Crippen molar-refractivity contribution in [2.75, 3.05) is 6.61 Å². The first kappa shape index (κ1) is 12.9. The minimum absolute atomic E-state index is 0.0647. The molecule has 1 rings (SSSR count). The van der Waals surface area contributed by atoms with Crippen LogP contribution in [0.15, 0.2) is 12.3 Å². The van der Waals surface area contributed by atoms with Crippen LogP contribution in [0.25, 0.3) is 0 Å². The maximum Gasteiger partial charge on any atom is 0.328 e. The second-order valence-corrected chi connectivity index (χ2v) is 3.41. The van der Waals surface area contributed by atoms with Gasteiger partial charge in [0.05, 0.1) is 6.61 Å². The zero-order valence-electron chi connectivity index (χ0n) is 9.06. The Balaban J connectivity index is 2.75. The van der Waals surface area contributed by atoms with Gasteiger partial charge in [-0.2, -0.15) is 0 Å². The van der Waals surface area contributed by atoms with Crippen LogP contribution >= 0.6 is 0 Å². The number of aliphatic hydroxyl groups excluding tert-OH is 1. The van der Waals surface area contributed by atoms with E-state index in [4.69, 9.17) is 10.2 Å². The molecule has 1 aromatic rings. The molecule has 17 heavy (non-hydrogen) atoms. The number of aliphatic carboxylic acids is 1. The van der Waals surface area contributed by atoms with Gasteiger partial charge in [0.25, 0.3) is 5.91 Å². The maximum absolute atomic E-state index is 11.5. The standard InChI is InChI=1S/C10H12N2O5/c1-5(14)6-2-7(11-3-6)9(15)12-8(4-13)10(16)17/h2-3,8,11,13H,4H2,1H3,(H,12,15)(H,16,17)/t8-/m1/s1. The molecule has 0 aliphatic rings. The van der Waals surface area contributed by atoms with Gasteiger partial charge in [0, 0.05) is 11.8 Å². The number of Topliss-reactive ketones (excluding diaryl/α,β-unsaturated/α-hetero) is 1. The summed E-state index contributed by atoms with van der Waals surface area (Å²) in [6.45, 7) is 0.639. The quantitative estimate of drug-likeness (QED) is 0.512. The first-order chi connectivity index (χ1) is 7.95. The molecule has 0 fully saturated rings.